The zero-order valence-electron chi connectivity index (χ0n) is 13.0. The van der Waals surface area contributed by atoms with E-state index in [2.05, 4.69) is 31.0 Å². The summed E-state index contributed by atoms with van der Waals surface area (Å²) in [4.78, 5) is 38.6. The average Bonchev–Trinajstić information content (AvgIpc) is 3.37. The third-order valence-electron chi connectivity index (χ3n) is 3.64. The van der Waals surface area contributed by atoms with Crippen molar-refractivity contribution in [3.8, 4) is 11.3 Å². The Bertz CT molecular complexity index is 1050. The lowest BCUT2D eigenvalue weighted by Gasteiger charge is -1.99. The van der Waals surface area contributed by atoms with E-state index in [9.17, 15) is 14.4 Å². The summed E-state index contributed by atoms with van der Waals surface area (Å²) in [5.41, 5.74) is 3.55. The van der Waals surface area contributed by atoms with Gasteiger partial charge in [0, 0.05) is 5.56 Å². The number of hydrogen-bond donors (Lipinski definition) is 3. The van der Waals surface area contributed by atoms with Crippen molar-refractivity contribution in [1.82, 2.24) is 25.9 Å². The molecule has 10 heteroatoms. The summed E-state index contributed by atoms with van der Waals surface area (Å²) in [6.07, 6.45) is 2.53. The molecular formula is C16H10N6O4. The van der Waals surface area contributed by atoms with Gasteiger partial charge < -0.3 is 4.42 Å². The van der Waals surface area contributed by atoms with Crippen molar-refractivity contribution in [2.24, 2.45) is 5.10 Å². The van der Waals surface area contributed by atoms with Gasteiger partial charge in [-0.2, -0.15) is 10.2 Å². The van der Waals surface area contributed by atoms with Crippen LogP contribution in [0.25, 0.3) is 11.3 Å². The van der Waals surface area contributed by atoms with E-state index in [1.165, 1.54) is 12.5 Å². The molecule has 0 saturated heterocycles. The molecule has 0 fully saturated rings. The van der Waals surface area contributed by atoms with Gasteiger partial charge >= 0.3 is 5.91 Å². The number of carbonyl (C=O) groups is 3. The van der Waals surface area contributed by atoms with Crippen LogP contribution in [-0.2, 0) is 0 Å². The van der Waals surface area contributed by atoms with Crippen LogP contribution in [0.4, 0.5) is 0 Å². The lowest BCUT2D eigenvalue weighted by atomic mass is 10.0. The van der Waals surface area contributed by atoms with Gasteiger partial charge in [0.15, 0.2) is 0 Å². The summed E-state index contributed by atoms with van der Waals surface area (Å²) in [5, 5.41) is 12.0. The highest BCUT2D eigenvalue weighted by molar-refractivity contribution is 6.21. The van der Waals surface area contributed by atoms with E-state index in [4.69, 9.17) is 4.42 Å². The maximum absolute atomic E-state index is 11.7. The number of aromatic nitrogens is 3. The SMILES string of the molecule is O=C(N/N=C/c1ccc(-c2ccc3c(c2)C(=O)NC3=O)o1)c1ncn[nH]1. The van der Waals surface area contributed by atoms with E-state index in [0.29, 0.717) is 28.2 Å². The maximum Gasteiger partial charge on any atom is 0.308 e. The second-order valence-corrected chi connectivity index (χ2v) is 5.28. The standard InChI is InChI=1S/C16H10N6O4/c23-14-10-3-1-8(5-11(10)15(24)20-14)12-4-2-9(26-12)6-18-22-16(25)13-17-7-19-21-13/h1-7H,(H,22,25)(H,17,19,21)(H,20,23,24)/b18-6+. The fourth-order valence-corrected chi connectivity index (χ4v) is 2.42. The molecule has 0 spiro atoms. The number of fused-ring (bicyclic) bond motifs is 1. The number of nitrogens with zero attached hydrogens (tertiary/aromatic N) is 3. The van der Waals surface area contributed by atoms with E-state index in [1.54, 1.807) is 30.3 Å². The van der Waals surface area contributed by atoms with Crippen LogP contribution in [0.1, 0.15) is 37.1 Å². The van der Waals surface area contributed by atoms with Crippen LogP contribution in [0.15, 0.2) is 46.2 Å². The van der Waals surface area contributed by atoms with Crippen LogP contribution < -0.4 is 10.7 Å². The Balaban J connectivity index is 1.49. The van der Waals surface area contributed by atoms with Gasteiger partial charge in [-0.3, -0.25) is 24.8 Å². The lowest BCUT2D eigenvalue weighted by Crippen LogP contribution is -2.19. The second kappa shape index (κ2) is 6.09. The third-order valence-corrected chi connectivity index (χ3v) is 3.64. The molecule has 0 radical (unpaired) electrons. The minimum Gasteiger partial charge on any atom is -0.455 e. The minimum atomic E-state index is -0.542. The molecule has 10 nitrogen and oxygen atoms in total. The number of rotatable bonds is 4. The Morgan fingerprint density at radius 2 is 2.00 bits per heavy atom. The molecular weight excluding hydrogens is 340 g/mol. The summed E-state index contributed by atoms with van der Waals surface area (Å²) in [6, 6.07) is 8.18. The first-order valence-electron chi connectivity index (χ1n) is 7.40. The zero-order valence-corrected chi connectivity index (χ0v) is 13.0. The monoisotopic (exact) mass is 350 g/mol. The first kappa shape index (κ1) is 15.4. The number of H-pyrrole nitrogens is 1. The Morgan fingerprint density at radius 3 is 2.81 bits per heavy atom. The topological polar surface area (TPSA) is 142 Å². The second-order valence-electron chi connectivity index (χ2n) is 5.28. The Kier molecular flexibility index (Phi) is 3.62. The van der Waals surface area contributed by atoms with Gasteiger partial charge in [0.2, 0.25) is 5.82 Å². The van der Waals surface area contributed by atoms with E-state index >= 15 is 0 Å². The molecule has 128 valence electrons. The first-order valence-corrected chi connectivity index (χ1v) is 7.40. The van der Waals surface area contributed by atoms with Gasteiger partial charge in [-0.15, -0.1) is 0 Å². The lowest BCUT2D eigenvalue weighted by molar-refractivity contribution is 0.0877. The van der Waals surface area contributed by atoms with Crippen LogP contribution in [0.5, 0.6) is 0 Å². The number of hydrazone groups is 1. The molecule has 26 heavy (non-hydrogen) atoms. The van der Waals surface area contributed by atoms with Gasteiger partial charge in [-0.05, 0) is 24.3 Å². The predicted molar refractivity (Wildman–Crippen MR) is 87.4 cm³/mol. The van der Waals surface area contributed by atoms with Gasteiger partial charge in [0.25, 0.3) is 11.8 Å². The van der Waals surface area contributed by atoms with Crippen molar-refractivity contribution in [1.29, 1.82) is 0 Å². The molecule has 0 saturated carbocycles. The third kappa shape index (κ3) is 2.75. The highest BCUT2D eigenvalue weighted by Crippen LogP contribution is 2.26. The number of benzene rings is 1. The van der Waals surface area contributed by atoms with Crippen LogP contribution in [-0.4, -0.2) is 39.1 Å². The van der Waals surface area contributed by atoms with E-state index < -0.39 is 17.7 Å². The van der Waals surface area contributed by atoms with Crippen molar-refractivity contribution >= 4 is 23.9 Å². The van der Waals surface area contributed by atoms with Gasteiger partial charge in [-0.25, -0.2) is 10.4 Å². The molecule has 2 aromatic heterocycles. The molecule has 0 atom stereocenters. The fraction of sp³-hybridized carbons (Fsp3) is 0. The van der Waals surface area contributed by atoms with E-state index in [-0.39, 0.29) is 5.82 Å². The minimum absolute atomic E-state index is 0.0354. The maximum atomic E-state index is 11.7. The highest BCUT2D eigenvalue weighted by Gasteiger charge is 2.27. The van der Waals surface area contributed by atoms with Gasteiger partial charge in [0.05, 0.1) is 17.3 Å². The molecule has 0 bridgehead atoms. The molecule has 3 aromatic rings. The molecule has 3 heterocycles. The van der Waals surface area contributed by atoms with Gasteiger partial charge in [-0.1, -0.05) is 6.07 Å². The zero-order chi connectivity index (χ0) is 18.1. The molecule has 3 N–H and O–H groups in total. The molecule has 1 aromatic carbocycles. The number of imide groups is 1. The van der Waals surface area contributed by atoms with Crippen molar-refractivity contribution in [2.45, 2.75) is 0 Å². The van der Waals surface area contributed by atoms with Crippen molar-refractivity contribution in [3.05, 3.63) is 59.4 Å². The Labute approximate surface area is 145 Å². The van der Waals surface area contributed by atoms with Crippen LogP contribution in [0.3, 0.4) is 0 Å². The highest BCUT2D eigenvalue weighted by atomic mass is 16.3. The Hall–Kier alpha value is -4.08. The number of hydrogen-bond acceptors (Lipinski definition) is 7. The number of amides is 3. The first-order chi connectivity index (χ1) is 12.6. The van der Waals surface area contributed by atoms with Gasteiger partial charge in [0.1, 0.15) is 17.8 Å². The van der Waals surface area contributed by atoms with E-state index in [0.717, 1.165) is 0 Å². The number of furan rings is 1. The predicted octanol–water partition coefficient (Wildman–Crippen LogP) is 0.712. The summed E-state index contributed by atoms with van der Waals surface area (Å²) >= 11 is 0. The molecule has 0 unspecified atom stereocenters. The van der Waals surface area contributed by atoms with Crippen LogP contribution in [0.2, 0.25) is 0 Å². The summed E-state index contributed by atoms with van der Waals surface area (Å²) in [5.74, 6) is -0.475. The van der Waals surface area contributed by atoms with Crippen LogP contribution in [0, 0.1) is 0 Å². The van der Waals surface area contributed by atoms with E-state index in [1.807, 2.05) is 0 Å². The molecule has 0 aliphatic carbocycles. The smallest absolute Gasteiger partial charge is 0.308 e. The number of carbonyl (C=O) groups excluding carboxylic acids is 3. The summed E-state index contributed by atoms with van der Waals surface area (Å²) in [7, 11) is 0. The summed E-state index contributed by atoms with van der Waals surface area (Å²) in [6.45, 7) is 0. The largest absolute Gasteiger partial charge is 0.455 e. The average molecular weight is 350 g/mol. The van der Waals surface area contributed by atoms with Crippen molar-refractivity contribution in [3.63, 3.8) is 0 Å². The van der Waals surface area contributed by atoms with Crippen molar-refractivity contribution < 1.29 is 18.8 Å². The number of nitrogens with one attached hydrogen (secondary N) is 3. The number of aromatic amines is 1. The van der Waals surface area contributed by atoms with Crippen LogP contribution >= 0.6 is 0 Å². The molecule has 3 amide bonds. The molecule has 4 rings (SSSR count). The normalized spacial score (nSPS) is 13.1. The fourth-order valence-electron chi connectivity index (χ4n) is 2.42. The molecule has 1 aliphatic rings. The summed E-state index contributed by atoms with van der Waals surface area (Å²) < 4.78 is 5.61. The Morgan fingerprint density at radius 1 is 1.15 bits per heavy atom. The van der Waals surface area contributed by atoms with Crippen molar-refractivity contribution in [2.75, 3.05) is 0 Å². The quantitative estimate of drug-likeness (QED) is 0.359. The molecule has 1 aliphatic heterocycles.